The average molecular weight is 255 g/mol. The van der Waals surface area contributed by atoms with Crippen LogP contribution in [0, 0.1) is 0 Å². The molecule has 92 valence electrons. The number of aliphatic hydroxyl groups excluding tert-OH is 1. The summed E-state index contributed by atoms with van der Waals surface area (Å²) < 4.78 is 10.7. The fourth-order valence-corrected chi connectivity index (χ4v) is 1.99. The minimum Gasteiger partial charge on any atom is -0.496 e. The molecule has 1 atom stereocenters. The maximum atomic E-state index is 10.2. The zero-order chi connectivity index (χ0) is 12.3. The minimum atomic E-state index is -0.789. The molecule has 1 N–H and O–H groups in total. The highest BCUT2D eigenvalue weighted by atomic mass is 35.5. The van der Waals surface area contributed by atoms with Gasteiger partial charge in [0, 0.05) is 10.6 Å². The maximum Gasteiger partial charge on any atom is 0.139 e. The van der Waals surface area contributed by atoms with Gasteiger partial charge in [-0.15, -0.1) is 0 Å². The van der Waals surface area contributed by atoms with Crippen molar-refractivity contribution in [3.05, 3.63) is 40.6 Å². The topological polar surface area (TPSA) is 38.7 Å². The summed E-state index contributed by atoms with van der Waals surface area (Å²) in [4.78, 5) is 0. The molecule has 0 aliphatic carbocycles. The molecule has 0 radical (unpaired) electrons. The number of benzene rings is 1. The summed E-state index contributed by atoms with van der Waals surface area (Å²) in [7, 11) is 1.55. The SMILES string of the molecule is COc1cc(Cl)ccc1C(O)C1=CCCCO1. The van der Waals surface area contributed by atoms with E-state index in [9.17, 15) is 5.11 Å². The minimum absolute atomic E-state index is 0.570. The van der Waals surface area contributed by atoms with Crippen LogP contribution in [0.25, 0.3) is 0 Å². The van der Waals surface area contributed by atoms with Crippen LogP contribution < -0.4 is 4.74 Å². The lowest BCUT2D eigenvalue weighted by Crippen LogP contribution is -2.10. The molecule has 0 fully saturated rings. The van der Waals surface area contributed by atoms with Crippen LogP contribution >= 0.6 is 11.6 Å². The Balaban J connectivity index is 2.29. The van der Waals surface area contributed by atoms with E-state index in [1.165, 1.54) is 0 Å². The molecule has 17 heavy (non-hydrogen) atoms. The molecule has 2 rings (SSSR count). The van der Waals surface area contributed by atoms with E-state index < -0.39 is 6.10 Å². The lowest BCUT2D eigenvalue weighted by molar-refractivity contribution is 0.0902. The first-order valence-corrected chi connectivity index (χ1v) is 5.94. The van der Waals surface area contributed by atoms with Gasteiger partial charge in [-0.1, -0.05) is 17.7 Å². The molecule has 0 amide bonds. The molecule has 4 heteroatoms. The normalized spacial score (nSPS) is 17.0. The number of ether oxygens (including phenoxy) is 2. The fourth-order valence-electron chi connectivity index (χ4n) is 1.83. The van der Waals surface area contributed by atoms with Crippen LogP contribution in [0.1, 0.15) is 24.5 Å². The number of hydrogen-bond acceptors (Lipinski definition) is 3. The lowest BCUT2D eigenvalue weighted by atomic mass is 10.0. The second-order valence-corrected chi connectivity index (χ2v) is 4.32. The van der Waals surface area contributed by atoms with Gasteiger partial charge in [0.2, 0.25) is 0 Å². The van der Waals surface area contributed by atoms with Crippen molar-refractivity contribution >= 4 is 11.6 Å². The quantitative estimate of drug-likeness (QED) is 0.901. The van der Waals surface area contributed by atoms with Crippen LogP contribution in [0.2, 0.25) is 5.02 Å². The largest absolute Gasteiger partial charge is 0.496 e. The predicted octanol–water partition coefficient (Wildman–Crippen LogP) is 3.08. The fraction of sp³-hybridized carbons (Fsp3) is 0.385. The third-order valence-electron chi connectivity index (χ3n) is 2.72. The predicted molar refractivity (Wildman–Crippen MR) is 66.2 cm³/mol. The standard InChI is InChI=1S/C13H15ClO3/c1-16-12-8-9(14)5-6-10(12)13(15)11-4-2-3-7-17-11/h4-6,8,13,15H,2-3,7H2,1H3. The molecular formula is C13H15ClO3. The molecule has 0 bridgehead atoms. The summed E-state index contributed by atoms with van der Waals surface area (Å²) in [5, 5.41) is 10.8. The van der Waals surface area contributed by atoms with E-state index in [0.717, 1.165) is 12.8 Å². The van der Waals surface area contributed by atoms with Gasteiger partial charge in [0.1, 0.15) is 17.6 Å². The van der Waals surface area contributed by atoms with Gasteiger partial charge < -0.3 is 14.6 Å². The summed E-state index contributed by atoms with van der Waals surface area (Å²) in [6.45, 7) is 0.652. The van der Waals surface area contributed by atoms with Gasteiger partial charge in [0.25, 0.3) is 0 Å². The van der Waals surface area contributed by atoms with E-state index in [4.69, 9.17) is 21.1 Å². The number of hydrogen-bond donors (Lipinski definition) is 1. The van der Waals surface area contributed by atoms with E-state index in [0.29, 0.717) is 28.7 Å². The molecule has 1 aromatic carbocycles. The average Bonchev–Trinajstić information content (AvgIpc) is 2.39. The van der Waals surface area contributed by atoms with Crippen molar-refractivity contribution in [1.29, 1.82) is 0 Å². The van der Waals surface area contributed by atoms with Gasteiger partial charge >= 0.3 is 0 Å². The highest BCUT2D eigenvalue weighted by Gasteiger charge is 2.20. The monoisotopic (exact) mass is 254 g/mol. The molecular weight excluding hydrogens is 240 g/mol. The van der Waals surface area contributed by atoms with Crippen LogP contribution in [0.15, 0.2) is 30.0 Å². The van der Waals surface area contributed by atoms with Gasteiger partial charge in [-0.05, 0) is 31.1 Å². The Morgan fingerprint density at radius 2 is 2.29 bits per heavy atom. The molecule has 3 nitrogen and oxygen atoms in total. The zero-order valence-electron chi connectivity index (χ0n) is 9.65. The van der Waals surface area contributed by atoms with E-state index in [1.54, 1.807) is 25.3 Å². The maximum absolute atomic E-state index is 10.2. The van der Waals surface area contributed by atoms with Crippen molar-refractivity contribution in [1.82, 2.24) is 0 Å². The summed E-state index contributed by atoms with van der Waals surface area (Å²) >= 11 is 5.88. The third kappa shape index (κ3) is 2.73. The molecule has 1 aliphatic heterocycles. The van der Waals surface area contributed by atoms with Crippen LogP contribution in [-0.4, -0.2) is 18.8 Å². The summed E-state index contributed by atoms with van der Waals surface area (Å²) in [5.41, 5.74) is 0.671. The molecule has 0 saturated carbocycles. The molecule has 1 unspecified atom stereocenters. The number of rotatable bonds is 3. The van der Waals surface area contributed by atoms with Gasteiger partial charge in [-0.25, -0.2) is 0 Å². The van der Waals surface area contributed by atoms with Gasteiger partial charge in [0.15, 0.2) is 0 Å². The molecule has 1 aromatic rings. The summed E-state index contributed by atoms with van der Waals surface area (Å²) in [6, 6.07) is 5.17. The number of methoxy groups -OCH3 is 1. The number of aliphatic hydroxyl groups is 1. The summed E-state index contributed by atoms with van der Waals surface area (Å²) in [5.74, 6) is 1.16. The molecule has 0 saturated heterocycles. The highest BCUT2D eigenvalue weighted by molar-refractivity contribution is 6.30. The van der Waals surface area contributed by atoms with Gasteiger partial charge in [-0.3, -0.25) is 0 Å². The van der Waals surface area contributed by atoms with Crippen LogP contribution in [-0.2, 0) is 4.74 Å². The lowest BCUT2D eigenvalue weighted by Gasteiger charge is -2.21. The smallest absolute Gasteiger partial charge is 0.139 e. The van der Waals surface area contributed by atoms with Crippen LogP contribution in [0.3, 0.4) is 0 Å². The Hall–Kier alpha value is -1.19. The summed E-state index contributed by atoms with van der Waals surface area (Å²) in [6.07, 6.45) is 3.06. The Kier molecular flexibility index (Phi) is 3.92. The Morgan fingerprint density at radius 1 is 1.47 bits per heavy atom. The van der Waals surface area contributed by atoms with E-state index in [-0.39, 0.29) is 0 Å². The Morgan fingerprint density at radius 3 is 2.94 bits per heavy atom. The number of halogens is 1. The first-order valence-electron chi connectivity index (χ1n) is 5.56. The molecule has 0 spiro atoms. The van der Waals surface area contributed by atoms with Crippen molar-refractivity contribution in [3.63, 3.8) is 0 Å². The Labute approximate surface area is 106 Å². The van der Waals surface area contributed by atoms with E-state index in [1.807, 2.05) is 6.08 Å². The van der Waals surface area contributed by atoms with Gasteiger partial charge in [-0.2, -0.15) is 0 Å². The second kappa shape index (κ2) is 5.43. The van der Waals surface area contributed by atoms with Crippen molar-refractivity contribution in [3.8, 4) is 5.75 Å². The van der Waals surface area contributed by atoms with E-state index in [2.05, 4.69) is 0 Å². The van der Waals surface area contributed by atoms with Crippen molar-refractivity contribution < 1.29 is 14.6 Å². The van der Waals surface area contributed by atoms with Crippen molar-refractivity contribution in [2.24, 2.45) is 0 Å². The number of allylic oxidation sites excluding steroid dienone is 1. The first kappa shape index (κ1) is 12.3. The Bertz CT molecular complexity index is 429. The van der Waals surface area contributed by atoms with Crippen molar-refractivity contribution in [2.75, 3.05) is 13.7 Å². The van der Waals surface area contributed by atoms with Gasteiger partial charge in [0.05, 0.1) is 13.7 Å². The van der Waals surface area contributed by atoms with Crippen LogP contribution in [0.5, 0.6) is 5.75 Å². The molecule has 1 heterocycles. The second-order valence-electron chi connectivity index (χ2n) is 3.89. The molecule has 0 aromatic heterocycles. The van der Waals surface area contributed by atoms with E-state index >= 15 is 0 Å². The molecule has 1 aliphatic rings. The first-order chi connectivity index (χ1) is 8.22. The van der Waals surface area contributed by atoms with Crippen molar-refractivity contribution in [2.45, 2.75) is 18.9 Å². The zero-order valence-corrected chi connectivity index (χ0v) is 10.4. The third-order valence-corrected chi connectivity index (χ3v) is 2.96. The van der Waals surface area contributed by atoms with Crippen LogP contribution in [0.4, 0.5) is 0 Å². The highest BCUT2D eigenvalue weighted by Crippen LogP contribution is 2.33.